The molecular weight excluding hydrogens is 382 g/mol. The Morgan fingerprint density at radius 2 is 1.96 bits per heavy atom. The largest absolute Gasteiger partial charge is 0.496 e. The number of nitrogens with one attached hydrogen (secondary N) is 1. The van der Waals surface area contributed by atoms with Crippen LogP contribution in [0.3, 0.4) is 0 Å². The number of anilines is 1. The average Bonchev–Trinajstić information content (AvgIpc) is 3.16. The molecule has 0 aliphatic heterocycles. The number of methoxy groups -OCH3 is 1. The first-order valence-corrected chi connectivity index (χ1v) is 8.94. The summed E-state index contributed by atoms with van der Waals surface area (Å²) in [5.41, 5.74) is 2.14. The summed E-state index contributed by atoms with van der Waals surface area (Å²) < 4.78 is 16.5. The second kappa shape index (κ2) is 8.82. The summed E-state index contributed by atoms with van der Waals surface area (Å²) in [4.78, 5) is 12.2. The summed E-state index contributed by atoms with van der Waals surface area (Å²) in [5, 5.41) is 12.5. The summed E-state index contributed by atoms with van der Waals surface area (Å²) in [5.74, 6) is 1.87. The molecule has 0 aliphatic carbocycles. The van der Waals surface area contributed by atoms with Gasteiger partial charge in [-0.1, -0.05) is 11.6 Å². The molecule has 0 spiro atoms. The number of carbonyl (C=O) groups is 1. The fourth-order valence-electron chi connectivity index (χ4n) is 2.70. The van der Waals surface area contributed by atoms with Gasteiger partial charge in [-0.25, -0.2) is 0 Å². The van der Waals surface area contributed by atoms with Gasteiger partial charge in [0.1, 0.15) is 29.6 Å². The van der Waals surface area contributed by atoms with Gasteiger partial charge in [-0.15, -0.1) is 0 Å². The van der Waals surface area contributed by atoms with E-state index in [0.29, 0.717) is 39.3 Å². The van der Waals surface area contributed by atoms with Gasteiger partial charge >= 0.3 is 0 Å². The summed E-state index contributed by atoms with van der Waals surface area (Å²) in [6.45, 7) is 1.55. The molecule has 0 saturated heterocycles. The van der Waals surface area contributed by atoms with Crippen molar-refractivity contribution in [2.45, 2.75) is 13.5 Å². The minimum atomic E-state index is -0.301. The molecule has 1 heterocycles. The van der Waals surface area contributed by atoms with Crippen molar-refractivity contribution in [3.63, 3.8) is 0 Å². The van der Waals surface area contributed by atoms with Crippen molar-refractivity contribution < 1.29 is 23.8 Å². The number of aliphatic hydroxyl groups excluding tert-OH is 1. The van der Waals surface area contributed by atoms with E-state index in [1.165, 1.54) is 7.11 Å². The highest BCUT2D eigenvalue weighted by Gasteiger charge is 2.13. The lowest BCUT2D eigenvalue weighted by Gasteiger charge is -2.12. The van der Waals surface area contributed by atoms with Crippen LogP contribution in [0.25, 0.3) is 11.3 Å². The van der Waals surface area contributed by atoms with Crippen LogP contribution in [-0.4, -0.2) is 24.7 Å². The maximum absolute atomic E-state index is 12.2. The zero-order valence-corrected chi connectivity index (χ0v) is 16.2. The van der Waals surface area contributed by atoms with Gasteiger partial charge in [0.15, 0.2) is 6.61 Å². The lowest BCUT2D eigenvalue weighted by molar-refractivity contribution is -0.118. The van der Waals surface area contributed by atoms with Gasteiger partial charge in [-0.2, -0.15) is 0 Å². The van der Waals surface area contributed by atoms with Crippen molar-refractivity contribution in [3.8, 4) is 22.8 Å². The maximum atomic E-state index is 12.2. The van der Waals surface area contributed by atoms with E-state index in [1.54, 1.807) is 48.5 Å². The van der Waals surface area contributed by atoms with Gasteiger partial charge < -0.3 is 24.3 Å². The molecule has 2 N–H and O–H groups in total. The normalized spacial score (nSPS) is 10.6. The molecule has 3 aromatic rings. The predicted molar refractivity (Wildman–Crippen MR) is 107 cm³/mol. The third-order valence-corrected chi connectivity index (χ3v) is 4.30. The number of aryl methyl sites for hydroxylation is 1. The van der Waals surface area contributed by atoms with E-state index < -0.39 is 0 Å². The fraction of sp³-hybridized carbons (Fsp3) is 0.190. The minimum Gasteiger partial charge on any atom is -0.496 e. The zero-order valence-electron chi connectivity index (χ0n) is 15.5. The Kier molecular flexibility index (Phi) is 6.23. The van der Waals surface area contributed by atoms with Crippen LogP contribution < -0.4 is 14.8 Å². The quantitative estimate of drug-likeness (QED) is 0.612. The number of amides is 1. The Morgan fingerprint density at radius 3 is 2.64 bits per heavy atom. The molecule has 0 saturated carbocycles. The van der Waals surface area contributed by atoms with Gasteiger partial charge in [0.05, 0.1) is 12.7 Å². The monoisotopic (exact) mass is 401 g/mol. The number of carbonyl (C=O) groups excluding carboxylic acids is 1. The molecule has 0 radical (unpaired) electrons. The van der Waals surface area contributed by atoms with Crippen molar-refractivity contribution in [3.05, 3.63) is 64.9 Å². The SMILES string of the molecule is COc1cc(NC(=O)COc2ccc(Cl)cc2C)ccc1-c1ccc(CO)o1. The molecule has 1 amide bonds. The van der Waals surface area contributed by atoms with Crippen LogP contribution in [0.5, 0.6) is 11.5 Å². The second-order valence-electron chi connectivity index (χ2n) is 6.09. The first-order chi connectivity index (χ1) is 13.5. The number of rotatable bonds is 7. The molecule has 0 unspecified atom stereocenters. The number of ether oxygens (including phenoxy) is 2. The van der Waals surface area contributed by atoms with Crippen molar-refractivity contribution >= 4 is 23.2 Å². The average molecular weight is 402 g/mol. The Labute approximate surface area is 167 Å². The molecule has 0 fully saturated rings. The Hall–Kier alpha value is -2.96. The van der Waals surface area contributed by atoms with Crippen LogP contribution in [-0.2, 0) is 11.4 Å². The van der Waals surface area contributed by atoms with Crippen LogP contribution in [0, 0.1) is 6.92 Å². The minimum absolute atomic E-state index is 0.134. The topological polar surface area (TPSA) is 80.9 Å². The highest BCUT2D eigenvalue weighted by molar-refractivity contribution is 6.30. The summed E-state index contributed by atoms with van der Waals surface area (Å²) >= 11 is 5.92. The van der Waals surface area contributed by atoms with Crippen molar-refractivity contribution in [2.75, 3.05) is 19.0 Å². The molecule has 28 heavy (non-hydrogen) atoms. The summed E-state index contributed by atoms with van der Waals surface area (Å²) in [6, 6.07) is 13.9. The van der Waals surface area contributed by atoms with Crippen molar-refractivity contribution in [1.82, 2.24) is 0 Å². The second-order valence-corrected chi connectivity index (χ2v) is 6.52. The van der Waals surface area contributed by atoms with Gasteiger partial charge in [0, 0.05) is 16.8 Å². The highest BCUT2D eigenvalue weighted by atomic mass is 35.5. The molecule has 0 atom stereocenters. The number of hydrogen-bond acceptors (Lipinski definition) is 5. The summed E-state index contributed by atoms with van der Waals surface area (Å²) in [6.07, 6.45) is 0. The van der Waals surface area contributed by atoms with Gasteiger partial charge in [0.2, 0.25) is 0 Å². The van der Waals surface area contributed by atoms with Crippen molar-refractivity contribution in [1.29, 1.82) is 0 Å². The number of benzene rings is 2. The standard InChI is InChI=1S/C21H20ClNO5/c1-13-9-14(22)3-7-18(13)27-12-21(25)23-15-4-6-17(20(10-15)26-2)19-8-5-16(11-24)28-19/h3-10,24H,11-12H2,1-2H3,(H,23,25). The first-order valence-electron chi connectivity index (χ1n) is 8.57. The van der Waals surface area contributed by atoms with E-state index in [-0.39, 0.29) is 19.1 Å². The highest BCUT2D eigenvalue weighted by Crippen LogP contribution is 2.33. The molecule has 0 aliphatic rings. The van der Waals surface area contributed by atoms with E-state index in [4.69, 9.17) is 30.6 Å². The van der Waals surface area contributed by atoms with E-state index >= 15 is 0 Å². The van der Waals surface area contributed by atoms with E-state index in [9.17, 15) is 4.79 Å². The molecular formula is C21H20ClNO5. The fourth-order valence-corrected chi connectivity index (χ4v) is 2.92. The smallest absolute Gasteiger partial charge is 0.262 e. The number of halogens is 1. The maximum Gasteiger partial charge on any atom is 0.262 e. The van der Waals surface area contributed by atoms with Crippen LogP contribution in [0.15, 0.2) is 52.9 Å². The van der Waals surface area contributed by atoms with Crippen LogP contribution in [0.4, 0.5) is 5.69 Å². The Bertz CT molecular complexity index is 983. The van der Waals surface area contributed by atoms with Crippen LogP contribution >= 0.6 is 11.6 Å². The van der Waals surface area contributed by atoms with Crippen LogP contribution in [0.2, 0.25) is 5.02 Å². The molecule has 1 aromatic heterocycles. The molecule has 7 heteroatoms. The summed E-state index contributed by atoms with van der Waals surface area (Å²) in [7, 11) is 1.53. The Balaban J connectivity index is 1.67. The number of aliphatic hydroxyl groups is 1. The zero-order chi connectivity index (χ0) is 20.1. The lowest BCUT2D eigenvalue weighted by atomic mass is 10.1. The van der Waals surface area contributed by atoms with E-state index in [2.05, 4.69) is 5.32 Å². The van der Waals surface area contributed by atoms with Gasteiger partial charge in [-0.05, 0) is 55.0 Å². The third kappa shape index (κ3) is 4.65. The molecule has 146 valence electrons. The van der Waals surface area contributed by atoms with E-state index in [1.807, 2.05) is 6.92 Å². The molecule has 6 nitrogen and oxygen atoms in total. The van der Waals surface area contributed by atoms with Crippen LogP contribution in [0.1, 0.15) is 11.3 Å². The number of hydrogen-bond donors (Lipinski definition) is 2. The Morgan fingerprint density at radius 1 is 1.14 bits per heavy atom. The van der Waals surface area contributed by atoms with Gasteiger partial charge in [-0.3, -0.25) is 4.79 Å². The third-order valence-electron chi connectivity index (χ3n) is 4.06. The predicted octanol–water partition coefficient (Wildman–Crippen LogP) is 4.43. The first kappa shape index (κ1) is 19.8. The van der Waals surface area contributed by atoms with Gasteiger partial charge in [0.25, 0.3) is 5.91 Å². The molecule has 2 aromatic carbocycles. The molecule has 0 bridgehead atoms. The molecule has 3 rings (SSSR count). The lowest BCUT2D eigenvalue weighted by Crippen LogP contribution is -2.20. The number of furan rings is 1. The van der Waals surface area contributed by atoms with Crippen molar-refractivity contribution in [2.24, 2.45) is 0 Å². The van der Waals surface area contributed by atoms with E-state index in [0.717, 1.165) is 5.56 Å².